The van der Waals surface area contributed by atoms with Crippen LogP contribution in [-0.2, 0) is 38.8 Å². The molecule has 1 aliphatic rings. The van der Waals surface area contributed by atoms with Crippen LogP contribution in [0.3, 0.4) is 0 Å². The Hall–Kier alpha value is -2.21. The molecule has 1 saturated heterocycles. The summed E-state index contributed by atoms with van der Waals surface area (Å²) in [5.41, 5.74) is 2.64. The molecule has 4 atom stereocenters. The summed E-state index contributed by atoms with van der Waals surface area (Å²) >= 11 is 6.53. The Morgan fingerprint density at radius 1 is 0.613 bits per heavy atom. The summed E-state index contributed by atoms with van der Waals surface area (Å²) in [7, 11) is 0. The smallest absolute Gasteiger partial charge is 0.159 e. The summed E-state index contributed by atoms with van der Waals surface area (Å²) in [5, 5.41) is 0. The minimum atomic E-state index is -0.610. The summed E-state index contributed by atoms with van der Waals surface area (Å²) < 4.78 is 24.5. The van der Waals surface area contributed by atoms with E-state index in [4.69, 9.17) is 30.5 Å². The highest BCUT2D eigenvalue weighted by Crippen LogP contribution is 2.28. The lowest BCUT2D eigenvalue weighted by Crippen LogP contribution is -2.54. The number of halogens is 1. The van der Waals surface area contributed by atoms with Gasteiger partial charge in [0.1, 0.15) is 18.3 Å². The normalized spacial score (nSPS) is 23.5. The van der Waals surface area contributed by atoms with Gasteiger partial charge in [-0.15, -0.1) is 0 Å². The summed E-state index contributed by atoms with van der Waals surface area (Å²) in [6, 6.07) is 30.1. The summed E-state index contributed by atoms with van der Waals surface area (Å²) in [6.45, 7) is 1.70. The van der Waals surface area contributed by atoms with E-state index in [2.05, 4.69) is 0 Å². The Kier molecular flexibility index (Phi) is 8.11. The van der Waals surface area contributed by atoms with Crippen molar-refractivity contribution < 1.29 is 18.9 Å². The first-order chi connectivity index (χ1) is 15.3. The molecule has 0 amide bonds. The maximum Gasteiger partial charge on any atom is 0.159 e. The molecule has 0 N–H and O–H groups in total. The average Bonchev–Trinajstić information content (AvgIpc) is 2.83. The largest absolute Gasteiger partial charge is 0.368 e. The summed E-state index contributed by atoms with van der Waals surface area (Å²) in [6.07, 6.45) is -1.11. The molecule has 0 unspecified atom stereocenters. The van der Waals surface area contributed by atoms with Gasteiger partial charge in [0.05, 0.1) is 26.4 Å². The van der Waals surface area contributed by atoms with Crippen LogP contribution >= 0.6 is 11.6 Å². The molecule has 0 aromatic heterocycles. The number of rotatable bonds is 9. The molecule has 0 saturated carbocycles. The first-order valence-electron chi connectivity index (χ1n) is 10.5. The molecule has 4 nitrogen and oxygen atoms in total. The second-order valence-electron chi connectivity index (χ2n) is 7.54. The van der Waals surface area contributed by atoms with Crippen LogP contribution in [0.4, 0.5) is 0 Å². The SMILES string of the molecule is Cl[C@H]1OC[C@H](OCc2ccccc2)[C@H](OCc2ccccc2)[C@H]1OCc1ccccc1. The molecular formula is C26H27ClO4. The molecule has 1 aliphatic heterocycles. The van der Waals surface area contributed by atoms with Gasteiger partial charge in [0.25, 0.3) is 0 Å². The maximum atomic E-state index is 6.53. The van der Waals surface area contributed by atoms with Gasteiger partial charge in [0.15, 0.2) is 5.56 Å². The molecule has 31 heavy (non-hydrogen) atoms. The Balaban J connectivity index is 1.46. The second-order valence-corrected chi connectivity index (χ2v) is 7.97. The van der Waals surface area contributed by atoms with E-state index in [1.54, 1.807) is 0 Å². The van der Waals surface area contributed by atoms with Crippen LogP contribution in [0, 0.1) is 0 Å². The van der Waals surface area contributed by atoms with Crippen molar-refractivity contribution in [3.8, 4) is 0 Å². The van der Waals surface area contributed by atoms with Crippen LogP contribution in [0.1, 0.15) is 16.7 Å². The van der Waals surface area contributed by atoms with E-state index in [0.29, 0.717) is 26.4 Å². The van der Waals surface area contributed by atoms with E-state index >= 15 is 0 Å². The van der Waals surface area contributed by atoms with Crippen molar-refractivity contribution in [2.75, 3.05) is 6.61 Å². The monoisotopic (exact) mass is 438 g/mol. The van der Waals surface area contributed by atoms with E-state index in [0.717, 1.165) is 16.7 Å². The van der Waals surface area contributed by atoms with Crippen molar-refractivity contribution in [2.24, 2.45) is 0 Å². The van der Waals surface area contributed by atoms with Gasteiger partial charge in [-0.05, 0) is 16.7 Å². The average molecular weight is 439 g/mol. The molecule has 1 heterocycles. The number of ether oxygens (including phenoxy) is 4. The highest BCUT2D eigenvalue weighted by atomic mass is 35.5. The van der Waals surface area contributed by atoms with Crippen LogP contribution in [0.2, 0.25) is 0 Å². The molecule has 0 spiro atoms. The van der Waals surface area contributed by atoms with Crippen LogP contribution in [0.25, 0.3) is 0 Å². The highest BCUT2D eigenvalue weighted by molar-refractivity contribution is 6.20. The summed E-state index contributed by atoms with van der Waals surface area (Å²) in [5.74, 6) is 0. The molecule has 3 aromatic rings. The van der Waals surface area contributed by atoms with Crippen molar-refractivity contribution in [3.63, 3.8) is 0 Å². The quantitative estimate of drug-likeness (QED) is 0.423. The minimum Gasteiger partial charge on any atom is -0.368 e. The van der Waals surface area contributed by atoms with E-state index in [9.17, 15) is 0 Å². The Morgan fingerprint density at radius 2 is 1.03 bits per heavy atom. The zero-order valence-corrected chi connectivity index (χ0v) is 18.1. The maximum absolute atomic E-state index is 6.53. The number of alkyl halides is 1. The first-order valence-corrected chi connectivity index (χ1v) is 11.0. The lowest BCUT2D eigenvalue weighted by atomic mass is 10.1. The van der Waals surface area contributed by atoms with Crippen molar-refractivity contribution in [1.82, 2.24) is 0 Å². The summed E-state index contributed by atoms with van der Waals surface area (Å²) in [4.78, 5) is 0. The van der Waals surface area contributed by atoms with Gasteiger partial charge in [0, 0.05) is 0 Å². The zero-order chi connectivity index (χ0) is 21.3. The van der Waals surface area contributed by atoms with E-state index in [-0.39, 0.29) is 12.2 Å². The Labute approximate surface area is 188 Å². The van der Waals surface area contributed by atoms with Gasteiger partial charge < -0.3 is 18.9 Å². The van der Waals surface area contributed by atoms with E-state index in [1.807, 2.05) is 91.0 Å². The molecule has 5 heteroatoms. The van der Waals surface area contributed by atoms with Crippen LogP contribution in [0.5, 0.6) is 0 Å². The Morgan fingerprint density at radius 3 is 1.52 bits per heavy atom. The molecular weight excluding hydrogens is 412 g/mol. The molecule has 0 radical (unpaired) electrons. The third-order valence-corrected chi connectivity index (χ3v) is 5.62. The van der Waals surface area contributed by atoms with Crippen LogP contribution < -0.4 is 0 Å². The van der Waals surface area contributed by atoms with Gasteiger partial charge in [-0.2, -0.15) is 0 Å². The van der Waals surface area contributed by atoms with Crippen molar-refractivity contribution in [3.05, 3.63) is 108 Å². The van der Waals surface area contributed by atoms with Crippen LogP contribution in [-0.4, -0.2) is 30.5 Å². The van der Waals surface area contributed by atoms with Crippen LogP contribution in [0.15, 0.2) is 91.0 Å². The third kappa shape index (κ3) is 6.39. The number of hydrogen-bond acceptors (Lipinski definition) is 4. The van der Waals surface area contributed by atoms with Crippen molar-refractivity contribution in [1.29, 1.82) is 0 Å². The fourth-order valence-electron chi connectivity index (χ4n) is 3.56. The van der Waals surface area contributed by atoms with Crippen molar-refractivity contribution in [2.45, 2.75) is 43.7 Å². The van der Waals surface area contributed by atoms with Gasteiger partial charge in [0.2, 0.25) is 0 Å². The third-order valence-electron chi connectivity index (χ3n) is 5.25. The Bertz CT molecular complexity index is 891. The molecule has 0 bridgehead atoms. The predicted molar refractivity (Wildman–Crippen MR) is 121 cm³/mol. The van der Waals surface area contributed by atoms with Gasteiger partial charge in [-0.25, -0.2) is 0 Å². The molecule has 0 aliphatic carbocycles. The lowest BCUT2D eigenvalue weighted by Gasteiger charge is -2.40. The highest BCUT2D eigenvalue weighted by Gasteiger charge is 2.42. The minimum absolute atomic E-state index is 0.292. The number of benzene rings is 3. The molecule has 1 fully saturated rings. The molecule has 4 rings (SSSR count). The van der Waals surface area contributed by atoms with E-state index in [1.165, 1.54) is 0 Å². The zero-order valence-electron chi connectivity index (χ0n) is 17.3. The standard InChI is InChI=1S/C26H27ClO4/c27-26-25(30-18-22-14-8-3-9-15-22)24(29-17-21-12-6-2-7-13-21)23(19-31-26)28-16-20-10-4-1-5-11-20/h1-15,23-26H,16-19H2/t23-,24-,25+,26-/m0/s1. The van der Waals surface area contributed by atoms with Gasteiger partial charge in [-0.1, -0.05) is 103 Å². The predicted octanol–water partition coefficient (Wildman–Crippen LogP) is 5.34. The van der Waals surface area contributed by atoms with Gasteiger partial charge in [-0.3, -0.25) is 0 Å². The topological polar surface area (TPSA) is 36.9 Å². The number of hydrogen-bond donors (Lipinski definition) is 0. The lowest BCUT2D eigenvalue weighted by molar-refractivity contribution is -0.221. The molecule has 162 valence electrons. The van der Waals surface area contributed by atoms with Crippen molar-refractivity contribution >= 4 is 11.6 Å². The first kappa shape index (κ1) is 22.0. The molecule has 3 aromatic carbocycles. The van der Waals surface area contributed by atoms with E-state index < -0.39 is 11.7 Å². The second kappa shape index (κ2) is 11.4. The van der Waals surface area contributed by atoms with Gasteiger partial charge >= 0.3 is 0 Å². The fraction of sp³-hybridized carbons (Fsp3) is 0.308. The fourth-order valence-corrected chi connectivity index (χ4v) is 3.85.